The van der Waals surface area contributed by atoms with Crippen LogP contribution >= 0.6 is 0 Å². The predicted molar refractivity (Wildman–Crippen MR) is 78.1 cm³/mol. The van der Waals surface area contributed by atoms with Crippen LogP contribution in [0.3, 0.4) is 0 Å². The third-order valence-electron chi connectivity index (χ3n) is 3.63. The van der Waals surface area contributed by atoms with E-state index in [1.807, 2.05) is 6.07 Å². The van der Waals surface area contributed by atoms with E-state index >= 15 is 0 Å². The second kappa shape index (κ2) is 6.02. The van der Waals surface area contributed by atoms with Gasteiger partial charge in [-0.2, -0.15) is 0 Å². The van der Waals surface area contributed by atoms with Crippen LogP contribution in [-0.4, -0.2) is 45.8 Å². The van der Waals surface area contributed by atoms with Gasteiger partial charge in [-0.25, -0.2) is 0 Å². The monoisotopic (exact) mass is 265 g/mol. The van der Waals surface area contributed by atoms with E-state index in [0.717, 1.165) is 18.8 Å². The van der Waals surface area contributed by atoms with E-state index in [-0.39, 0.29) is 0 Å². The molecule has 1 fully saturated rings. The molecule has 3 N–H and O–H groups in total. The van der Waals surface area contributed by atoms with E-state index in [4.69, 9.17) is 15.2 Å². The number of hydrogen-bond donors (Lipinski definition) is 2. The van der Waals surface area contributed by atoms with Crippen molar-refractivity contribution >= 4 is 11.4 Å². The highest BCUT2D eigenvalue weighted by Crippen LogP contribution is 2.35. The molecular weight excluding hydrogens is 242 g/mol. The molecule has 5 heteroatoms. The molecule has 1 unspecified atom stereocenters. The molecule has 0 radical (unpaired) electrons. The number of benzene rings is 1. The fourth-order valence-corrected chi connectivity index (χ4v) is 2.50. The Bertz CT molecular complexity index is 437. The lowest BCUT2D eigenvalue weighted by Gasteiger charge is -2.16. The predicted octanol–water partition coefficient (Wildman–Crippen LogP) is 1.65. The summed E-state index contributed by atoms with van der Waals surface area (Å²) in [6.07, 6.45) is 1.23. The smallest absolute Gasteiger partial charge is 0.162 e. The first-order chi connectivity index (χ1) is 9.13. The van der Waals surface area contributed by atoms with Gasteiger partial charge >= 0.3 is 0 Å². The Balaban J connectivity index is 2.03. The maximum absolute atomic E-state index is 6.02. The number of rotatable bonds is 5. The van der Waals surface area contributed by atoms with Crippen LogP contribution in [0.2, 0.25) is 0 Å². The molecule has 0 amide bonds. The van der Waals surface area contributed by atoms with Crippen LogP contribution in [0, 0.1) is 5.92 Å². The number of hydrogen-bond acceptors (Lipinski definition) is 5. The van der Waals surface area contributed by atoms with E-state index in [2.05, 4.69) is 17.3 Å². The Kier molecular flexibility index (Phi) is 4.37. The molecule has 1 atom stereocenters. The summed E-state index contributed by atoms with van der Waals surface area (Å²) >= 11 is 0. The first-order valence-corrected chi connectivity index (χ1v) is 6.58. The van der Waals surface area contributed by atoms with Crippen LogP contribution in [0.4, 0.5) is 11.4 Å². The van der Waals surface area contributed by atoms with Crippen molar-refractivity contribution in [2.24, 2.45) is 5.92 Å². The molecule has 0 spiro atoms. The Morgan fingerprint density at radius 2 is 2.00 bits per heavy atom. The van der Waals surface area contributed by atoms with Gasteiger partial charge in [-0.05, 0) is 25.9 Å². The van der Waals surface area contributed by atoms with Crippen LogP contribution in [0.25, 0.3) is 0 Å². The van der Waals surface area contributed by atoms with Crippen LogP contribution in [0.5, 0.6) is 11.5 Å². The summed E-state index contributed by atoms with van der Waals surface area (Å²) < 4.78 is 10.5. The van der Waals surface area contributed by atoms with E-state index < -0.39 is 0 Å². The standard InChI is InChI=1S/C14H23N3O2/c1-17-5-4-10(9-17)8-16-12-7-14(19-3)13(18-2)6-11(12)15/h6-7,10,16H,4-5,8-9,15H2,1-3H3. The minimum absolute atomic E-state index is 0.658. The van der Waals surface area contributed by atoms with Gasteiger partial charge in [0.15, 0.2) is 11.5 Å². The van der Waals surface area contributed by atoms with Gasteiger partial charge in [0.25, 0.3) is 0 Å². The van der Waals surface area contributed by atoms with Gasteiger partial charge in [0.05, 0.1) is 25.6 Å². The maximum Gasteiger partial charge on any atom is 0.162 e. The summed E-state index contributed by atoms with van der Waals surface area (Å²) in [6.45, 7) is 3.25. The van der Waals surface area contributed by atoms with Crippen molar-refractivity contribution < 1.29 is 9.47 Å². The first kappa shape index (κ1) is 13.8. The minimum atomic E-state index is 0.658. The lowest BCUT2D eigenvalue weighted by atomic mass is 10.1. The molecule has 1 saturated heterocycles. The maximum atomic E-state index is 6.02. The number of nitrogens with zero attached hydrogens (tertiary/aromatic N) is 1. The fraction of sp³-hybridized carbons (Fsp3) is 0.571. The largest absolute Gasteiger partial charge is 0.493 e. The lowest BCUT2D eigenvalue weighted by Crippen LogP contribution is -2.19. The SMILES string of the molecule is COc1cc(N)c(NCC2CCN(C)C2)cc1OC. The molecule has 1 aliphatic heterocycles. The highest BCUT2D eigenvalue weighted by molar-refractivity contribution is 5.72. The zero-order valence-corrected chi connectivity index (χ0v) is 11.9. The average Bonchev–Trinajstić information content (AvgIpc) is 2.82. The normalized spacial score (nSPS) is 19.4. The summed E-state index contributed by atoms with van der Waals surface area (Å²) in [5, 5.41) is 3.41. The third kappa shape index (κ3) is 3.23. The van der Waals surface area contributed by atoms with Crippen molar-refractivity contribution in [2.75, 3.05) is 52.0 Å². The van der Waals surface area contributed by atoms with E-state index in [9.17, 15) is 0 Å². The van der Waals surface area contributed by atoms with Crippen LogP contribution in [0.1, 0.15) is 6.42 Å². The van der Waals surface area contributed by atoms with Gasteiger partial charge in [0.2, 0.25) is 0 Å². The van der Waals surface area contributed by atoms with Gasteiger partial charge in [-0.1, -0.05) is 0 Å². The zero-order valence-electron chi connectivity index (χ0n) is 11.9. The van der Waals surface area contributed by atoms with E-state index in [1.54, 1.807) is 20.3 Å². The second-order valence-electron chi connectivity index (χ2n) is 5.09. The van der Waals surface area contributed by atoms with Gasteiger partial charge in [-0.3, -0.25) is 0 Å². The molecule has 19 heavy (non-hydrogen) atoms. The highest BCUT2D eigenvalue weighted by Gasteiger charge is 2.19. The van der Waals surface area contributed by atoms with Crippen LogP contribution in [-0.2, 0) is 0 Å². The highest BCUT2D eigenvalue weighted by atomic mass is 16.5. The Morgan fingerprint density at radius 1 is 1.32 bits per heavy atom. The molecule has 5 nitrogen and oxygen atoms in total. The molecule has 0 bridgehead atoms. The molecule has 0 saturated carbocycles. The third-order valence-corrected chi connectivity index (χ3v) is 3.63. The number of nitrogen functional groups attached to an aromatic ring is 1. The molecule has 0 aliphatic carbocycles. The molecule has 1 aromatic carbocycles. The number of ether oxygens (including phenoxy) is 2. The molecule has 1 heterocycles. The van der Waals surface area contributed by atoms with E-state index in [1.165, 1.54) is 13.0 Å². The van der Waals surface area contributed by atoms with Crippen LogP contribution in [0.15, 0.2) is 12.1 Å². The molecule has 0 aromatic heterocycles. The Hall–Kier alpha value is -1.62. The lowest BCUT2D eigenvalue weighted by molar-refractivity contribution is 0.355. The molecule has 1 aliphatic rings. The molecule has 1 aromatic rings. The van der Waals surface area contributed by atoms with Crippen molar-refractivity contribution in [3.63, 3.8) is 0 Å². The summed E-state index contributed by atoms with van der Waals surface area (Å²) in [5.74, 6) is 2.03. The topological polar surface area (TPSA) is 59.8 Å². The number of anilines is 2. The summed E-state index contributed by atoms with van der Waals surface area (Å²) in [6, 6.07) is 3.69. The fourth-order valence-electron chi connectivity index (χ4n) is 2.50. The number of nitrogens with one attached hydrogen (secondary N) is 1. The Labute approximate surface area is 114 Å². The average molecular weight is 265 g/mol. The quantitative estimate of drug-likeness (QED) is 0.793. The number of methoxy groups -OCH3 is 2. The molecular formula is C14H23N3O2. The molecule has 2 rings (SSSR count). The van der Waals surface area contributed by atoms with Gasteiger partial charge in [0, 0.05) is 25.2 Å². The summed E-state index contributed by atoms with van der Waals surface area (Å²) in [5.41, 5.74) is 7.62. The van der Waals surface area contributed by atoms with Gasteiger partial charge < -0.3 is 25.4 Å². The molecule has 106 valence electrons. The van der Waals surface area contributed by atoms with Crippen molar-refractivity contribution in [3.8, 4) is 11.5 Å². The van der Waals surface area contributed by atoms with Crippen molar-refractivity contribution in [1.29, 1.82) is 0 Å². The number of likely N-dealkylation sites (tertiary alicyclic amines) is 1. The second-order valence-corrected chi connectivity index (χ2v) is 5.09. The van der Waals surface area contributed by atoms with Crippen molar-refractivity contribution in [1.82, 2.24) is 4.90 Å². The summed E-state index contributed by atoms with van der Waals surface area (Å²) in [7, 11) is 5.40. The van der Waals surface area contributed by atoms with E-state index in [0.29, 0.717) is 23.1 Å². The summed E-state index contributed by atoms with van der Waals surface area (Å²) in [4.78, 5) is 2.35. The first-order valence-electron chi connectivity index (χ1n) is 6.58. The zero-order chi connectivity index (χ0) is 13.8. The minimum Gasteiger partial charge on any atom is -0.493 e. The van der Waals surface area contributed by atoms with Crippen molar-refractivity contribution in [3.05, 3.63) is 12.1 Å². The number of nitrogens with two attached hydrogens (primary N) is 1. The van der Waals surface area contributed by atoms with Crippen LogP contribution < -0.4 is 20.5 Å². The Morgan fingerprint density at radius 3 is 2.58 bits per heavy atom. The van der Waals surface area contributed by atoms with Crippen molar-refractivity contribution in [2.45, 2.75) is 6.42 Å². The van der Waals surface area contributed by atoms with Gasteiger partial charge in [-0.15, -0.1) is 0 Å². The van der Waals surface area contributed by atoms with Gasteiger partial charge in [0.1, 0.15) is 0 Å².